The predicted molar refractivity (Wildman–Crippen MR) is 101 cm³/mol. The molecular weight excluding hydrogens is 350 g/mol. The minimum absolute atomic E-state index is 0.238. The second kappa shape index (κ2) is 8.20. The smallest absolute Gasteiger partial charge is 0.240 e. The zero-order valence-corrected chi connectivity index (χ0v) is 15.8. The highest BCUT2D eigenvalue weighted by molar-refractivity contribution is 7.89. The molecule has 0 saturated carbocycles. The molecule has 6 heteroatoms. The lowest BCUT2D eigenvalue weighted by Gasteiger charge is -2.37. The van der Waals surface area contributed by atoms with Gasteiger partial charge in [-0.15, -0.1) is 0 Å². The molecule has 5 nitrogen and oxygen atoms in total. The monoisotopic (exact) mass is 375 g/mol. The molecule has 0 aromatic heterocycles. The summed E-state index contributed by atoms with van der Waals surface area (Å²) in [7, 11) is -3.58. The molecule has 2 aromatic rings. The molecule has 140 valence electrons. The van der Waals surface area contributed by atoms with Crippen LogP contribution in [0.4, 0.5) is 0 Å². The van der Waals surface area contributed by atoms with Crippen LogP contribution in [0.3, 0.4) is 0 Å². The molecule has 1 N–H and O–H groups in total. The van der Waals surface area contributed by atoms with E-state index in [1.807, 2.05) is 25.1 Å². The van der Waals surface area contributed by atoms with Crippen LogP contribution in [-0.2, 0) is 20.2 Å². The van der Waals surface area contributed by atoms with Crippen LogP contribution in [0.25, 0.3) is 0 Å². The van der Waals surface area contributed by atoms with Crippen LogP contribution in [0, 0.1) is 0 Å². The lowest BCUT2D eigenvalue weighted by atomic mass is 9.74. The van der Waals surface area contributed by atoms with Crippen LogP contribution in [-0.4, -0.2) is 34.8 Å². The third-order valence-corrected chi connectivity index (χ3v) is 6.30. The Bertz CT molecular complexity index is 797. The fourth-order valence-electron chi connectivity index (χ4n) is 3.32. The molecule has 1 saturated heterocycles. The third kappa shape index (κ3) is 4.26. The van der Waals surface area contributed by atoms with Crippen molar-refractivity contribution in [1.82, 2.24) is 4.72 Å². The summed E-state index contributed by atoms with van der Waals surface area (Å²) in [5.74, 6) is 0.664. The van der Waals surface area contributed by atoms with Crippen molar-refractivity contribution in [1.29, 1.82) is 0 Å². The van der Waals surface area contributed by atoms with Gasteiger partial charge in [0, 0.05) is 25.2 Å². The SMILES string of the molecule is CCOc1ccc(S(=O)(=O)NCC2(c3ccccc3)CCOCC2)cc1. The number of benzene rings is 2. The van der Waals surface area contributed by atoms with Gasteiger partial charge in [-0.3, -0.25) is 0 Å². The molecule has 1 aliphatic rings. The number of hydrogen-bond donors (Lipinski definition) is 1. The lowest BCUT2D eigenvalue weighted by molar-refractivity contribution is 0.0517. The van der Waals surface area contributed by atoms with E-state index >= 15 is 0 Å². The van der Waals surface area contributed by atoms with E-state index in [1.165, 1.54) is 0 Å². The average molecular weight is 375 g/mol. The summed E-state index contributed by atoms with van der Waals surface area (Å²) in [6, 6.07) is 16.6. The zero-order valence-electron chi connectivity index (χ0n) is 15.0. The second-order valence-corrected chi connectivity index (χ2v) is 8.25. The van der Waals surface area contributed by atoms with Crippen molar-refractivity contribution in [2.45, 2.75) is 30.1 Å². The fraction of sp³-hybridized carbons (Fsp3) is 0.400. The van der Waals surface area contributed by atoms with Gasteiger partial charge in [-0.1, -0.05) is 30.3 Å². The van der Waals surface area contributed by atoms with E-state index in [-0.39, 0.29) is 10.3 Å². The van der Waals surface area contributed by atoms with Gasteiger partial charge < -0.3 is 9.47 Å². The Morgan fingerprint density at radius 1 is 1.04 bits per heavy atom. The second-order valence-electron chi connectivity index (χ2n) is 6.49. The molecule has 1 aliphatic heterocycles. The molecule has 3 rings (SSSR count). The molecule has 0 bridgehead atoms. The Morgan fingerprint density at radius 2 is 1.69 bits per heavy atom. The predicted octanol–water partition coefficient (Wildman–Crippen LogP) is 3.11. The standard InChI is InChI=1S/C20H25NO4S/c1-2-25-18-8-10-19(11-9-18)26(22,23)21-16-20(12-14-24-15-13-20)17-6-4-3-5-7-17/h3-11,21H,2,12-16H2,1H3. The summed E-state index contributed by atoms with van der Waals surface area (Å²) >= 11 is 0. The zero-order chi connectivity index (χ0) is 18.5. The molecule has 2 aromatic carbocycles. The van der Waals surface area contributed by atoms with Gasteiger partial charge in [0.05, 0.1) is 11.5 Å². The van der Waals surface area contributed by atoms with Crippen LogP contribution in [0.2, 0.25) is 0 Å². The van der Waals surface area contributed by atoms with Gasteiger partial charge in [0.1, 0.15) is 5.75 Å². The molecule has 0 atom stereocenters. The molecule has 0 spiro atoms. The van der Waals surface area contributed by atoms with E-state index in [9.17, 15) is 8.42 Å². The Balaban J connectivity index is 1.77. The summed E-state index contributed by atoms with van der Waals surface area (Å²) < 4.78 is 39.2. The quantitative estimate of drug-likeness (QED) is 0.808. The van der Waals surface area contributed by atoms with Crippen LogP contribution in [0.5, 0.6) is 5.75 Å². The number of hydrogen-bond acceptors (Lipinski definition) is 4. The van der Waals surface area contributed by atoms with Crippen LogP contribution >= 0.6 is 0 Å². The van der Waals surface area contributed by atoms with Crippen molar-refractivity contribution in [2.24, 2.45) is 0 Å². The van der Waals surface area contributed by atoms with Crippen LogP contribution < -0.4 is 9.46 Å². The average Bonchev–Trinajstić information content (AvgIpc) is 2.69. The van der Waals surface area contributed by atoms with Gasteiger partial charge >= 0.3 is 0 Å². The third-order valence-electron chi connectivity index (χ3n) is 4.88. The summed E-state index contributed by atoms with van der Waals surface area (Å²) in [6.45, 7) is 4.07. The van der Waals surface area contributed by atoms with E-state index in [0.29, 0.717) is 32.1 Å². The molecule has 0 radical (unpaired) electrons. The van der Waals surface area contributed by atoms with Crippen molar-refractivity contribution in [2.75, 3.05) is 26.4 Å². The van der Waals surface area contributed by atoms with Gasteiger partial charge in [-0.05, 0) is 49.6 Å². The molecule has 0 unspecified atom stereocenters. The van der Waals surface area contributed by atoms with Gasteiger partial charge in [0.2, 0.25) is 10.0 Å². The van der Waals surface area contributed by atoms with Crippen molar-refractivity contribution in [3.8, 4) is 5.75 Å². The molecule has 0 aliphatic carbocycles. The molecule has 0 amide bonds. The van der Waals surface area contributed by atoms with Gasteiger partial charge in [-0.2, -0.15) is 0 Å². The maximum absolute atomic E-state index is 12.7. The molecular formula is C20H25NO4S. The lowest BCUT2D eigenvalue weighted by Crippen LogP contribution is -2.44. The highest BCUT2D eigenvalue weighted by atomic mass is 32.2. The number of sulfonamides is 1. The number of nitrogens with one attached hydrogen (secondary N) is 1. The highest BCUT2D eigenvalue weighted by Gasteiger charge is 2.35. The topological polar surface area (TPSA) is 64.6 Å². The first-order valence-corrected chi connectivity index (χ1v) is 10.4. The van der Waals surface area contributed by atoms with Crippen LogP contribution in [0.1, 0.15) is 25.3 Å². The molecule has 1 fully saturated rings. The highest BCUT2D eigenvalue weighted by Crippen LogP contribution is 2.34. The summed E-state index contributed by atoms with van der Waals surface area (Å²) in [5.41, 5.74) is 0.912. The van der Waals surface area contributed by atoms with Gasteiger partial charge in [0.15, 0.2) is 0 Å². The van der Waals surface area contributed by atoms with E-state index in [0.717, 1.165) is 18.4 Å². The van der Waals surface area contributed by atoms with E-state index < -0.39 is 10.0 Å². The summed E-state index contributed by atoms with van der Waals surface area (Å²) in [5, 5.41) is 0. The first-order chi connectivity index (χ1) is 12.6. The maximum Gasteiger partial charge on any atom is 0.240 e. The van der Waals surface area contributed by atoms with E-state index in [2.05, 4.69) is 16.9 Å². The maximum atomic E-state index is 12.7. The normalized spacial score (nSPS) is 17.0. The Kier molecular flexibility index (Phi) is 5.96. The van der Waals surface area contributed by atoms with E-state index in [4.69, 9.17) is 9.47 Å². The summed E-state index contributed by atoms with van der Waals surface area (Å²) in [6.07, 6.45) is 1.59. The first-order valence-electron chi connectivity index (χ1n) is 8.92. The van der Waals surface area contributed by atoms with Crippen molar-refractivity contribution < 1.29 is 17.9 Å². The minimum Gasteiger partial charge on any atom is -0.494 e. The molecule has 26 heavy (non-hydrogen) atoms. The minimum atomic E-state index is -3.58. The summed E-state index contributed by atoms with van der Waals surface area (Å²) in [4.78, 5) is 0.247. The van der Waals surface area contributed by atoms with E-state index in [1.54, 1.807) is 24.3 Å². The Labute approximate surface area is 155 Å². The fourth-order valence-corrected chi connectivity index (χ4v) is 4.45. The van der Waals surface area contributed by atoms with Crippen LogP contribution in [0.15, 0.2) is 59.5 Å². The van der Waals surface area contributed by atoms with Crippen molar-refractivity contribution >= 4 is 10.0 Å². The first kappa shape index (κ1) is 18.9. The van der Waals surface area contributed by atoms with Crippen molar-refractivity contribution in [3.05, 3.63) is 60.2 Å². The Morgan fingerprint density at radius 3 is 2.31 bits per heavy atom. The number of rotatable bonds is 7. The largest absolute Gasteiger partial charge is 0.494 e. The number of ether oxygens (including phenoxy) is 2. The Hall–Kier alpha value is -1.89. The van der Waals surface area contributed by atoms with Crippen molar-refractivity contribution in [3.63, 3.8) is 0 Å². The van der Waals surface area contributed by atoms with Gasteiger partial charge in [0.25, 0.3) is 0 Å². The van der Waals surface area contributed by atoms with Gasteiger partial charge in [-0.25, -0.2) is 13.1 Å². The molecule has 1 heterocycles.